The van der Waals surface area contributed by atoms with Crippen molar-refractivity contribution in [3.05, 3.63) is 64.7 Å². The Morgan fingerprint density at radius 2 is 1.83 bits per heavy atom. The summed E-state index contributed by atoms with van der Waals surface area (Å²) < 4.78 is 0. The molecule has 3 N–H and O–H groups in total. The summed E-state index contributed by atoms with van der Waals surface area (Å²) in [5, 5.41) is 9.16. The van der Waals surface area contributed by atoms with Crippen LogP contribution in [-0.4, -0.2) is 25.4 Å². The molecule has 0 heterocycles. The molecule has 6 heteroatoms. The summed E-state index contributed by atoms with van der Waals surface area (Å²) in [7, 11) is 1.57. The smallest absolute Gasteiger partial charge is 0.251 e. The first kappa shape index (κ1) is 18.0. The Morgan fingerprint density at radius 1 is 1.12 bits per heavy atom. The Labute approximate surface area is 146 Å². The minimum Gasteiger partial charge on any atom is -0.355 e. The van der Waals surface area contributed by atoms with Crippen LogP contribution in [0.15, 0.2) is 48.5 Å². The van der Waals surface area contributed by atoms with Gasteiger partial charge in [0.05, 0.1) is 6.54 Å². The Morgan fingerprint density at radius 3 is 2.50 bits per heavy atom. The molecule has 2 aromatic rings. The molecular formula is C18H20ClN3O2. The second-order valence-corrected chi connectivity index (χ2v) is 5.80. The van der Waals surface area contributed by atoms with E-state index in [-0.39, 0.29) is 24.4 Å². The van der Waals surface area contributed by atoms with E-state index in [0.29, 0.717) is 16.3 Å². The van der Waals surface area contributed by atoms with Gasteiger partial charge in [0.25, 0.3) is 5.91 Å². The zero-order valence-corrected chi connectivity index (χ0v) is 14.4. The van der Waals surface area contributed by atoms with Crippen LogP contribution in [0.3, 0.4) is 0 Å². The maximum Gasteiger partial charge on any atom is 0.251 e. The fourth-order valence-corrected chi connectivity index (χ4v) is 2.33. The third-order valence-electron chi connectivity index (χ3n) is 3.57. The van der Waals surface area contributed by atoms with Gasteiger partial charge in [0.15, 0.2) is 0 Å². The number of anilines is 1. The van der Waals surface area contributed by atoms with Crippen molar-refractivity contribution in [1.82, 2.24) is 10.6 Å². The number of benzene rings is 2. The molecule has 2 aromatic carbocycles. The van der Waals surface area contributed by atoms with E-state index in [1.165, 1.54) is 0 Å². The number of hydrogen-bond donors (Lipinski definition) is 3. The molecule has 0 aliphatic rings. The van der Waals surface area contributed by atoms with Crippen molar-refractivity contribution in [3.8, 4) is 0 Å². The number of hydrogen-bond acceptors (Lipinski definition) is 3. The molecule has 0 unspecified atom stereocenters. The summed E-state index contributed by atoms with van der Waals surface area (Å²) in [6, 6.07) is 14.3. The van der Waals surface area contributed by atoms with Gasteiger partial charge in [-0.05, 0) is 42.8 Å². The van der Waals surface area contributed by atoms with Crippen LogP contribution < -0.4 is 16.0 Å². The van der Waals surface area contributed by atoms with Crippen LogP contribution in [0.25, 0.3) is 0 Å². The molecule has 5 nitrogen and oxygen atoms in total. The van der Waals surface area contributed by atoms with Gasteiger partial charge in [-0.25, -0.2) is 0 Å². The quantitative estimate of drug-likeness (QED) is 0.753. The second-order valence-electron chi connectivity index (χ2n) is 5.36. The largest absolute Gasteiger partial charge is 0.355 e. The third kappa shape index (κ3) is 5.08. The second kappa shape index (κ2) is 8.47. The van der Waals surface area contributed by atoms with Crippen LogP contribution in [0, 0.1) is 0 Å². The van der Waals surface area contributed by atoms with E-state index in [9.17, 15) is 9.59 Å². The first-order valence-corrected chi connectivity index (χ1v) is 7.98. The molecule has 2 amide bonds. The van der Waals surface area contributed by atoms with Gasteiger partial charge in [0.2, 0.25) is 5.91 Å². The van der Waals surface area contributed by atoms with Crippen molar-refractivity contribution >= 4 is 29.1 Å². The highest BCUT2D eigenvalue weighted by atomic mass is 35.5. The van der Waals surface area contributed by atoms with E-state index in [1.807, 2.05) is 31.2 Å². The molecule has 0 spiro atoms. The Kier molecular flexibility index (Phi) is 6.35. The van der Waals surface area contributed by atoms with Crippen molar-refractivity contribution < 1.29 is 9.59 Å². The minimum absolute atomic E-state index is 0.0187. The minimum atomic E-state index is -0.194. The first-order chi connectivity index (χ1) is 11.5. The molecule has 0 aliphatic heterocycles. The molecule has 0 aliphatic carbocycles. The molecule has 0 bridgehead atoms. The van der Waals surface area contributed by atoms with Crippen LogP contribution in [-0.2, 0) is 4.79 Å². The molecule has 2 rings (SSSR count). The van der Waals surface area contributed by atoms with Gasteiger partial charge in [-0.15, -0.1) is 0 Å². The van der Waals surface area contributed by atoms with Gasteiger partial charge >= 0.3 is 0 Å². The first-order valence-electron chi connectivity index (χ1n) is 7.60. The predicted molar refractivity (Wildman–Crippen MR) is 96.3 cm³/mol. The fraction of sp³-hybridized carbons (Fsp3) is 0.222. The Balaban J connectivity index is 1.89. The lowest BCUT2D eigenvalue weighted by Crippen LogP contribution is -2.30. The van der Waals surface area contributed by atoms with Crippen molar-refractivity contribution in [2.45, 2.75) is 13.0 Å². The SMILES string of the molecule is CNC(=O)c1cccc(NC(=O)CN[C@@H](C)c2ccc(Cl)cc2)c1. The van der Waals surface area contributed by atoms with Crippen LogP contribution in [0.1, 0.15) is 28.9 Å². The van der Waals surface area contributed by atoms with E-state index < -0.39 is 0 Å². The highest BCUT2D eigenvalue weighted by Crippen LogP contribution is 2.16. The number of halogens is 1. The van der Waals surface area contributed by atoms with Crippen molar-refractivity contribution in [3.63, 3.8) is 0 Å². The number of nitrogens with one attached hydrogen (secondary N) is 3. The number of rotatable bonds is 6. The topological polar surface area (TPSA) is 70.2 Å². The van der Waals surface area contributed by atoms with Crippen molar-refractivity contribution in [1.29, 1.82) is 0 Å². The summed E-state index contributed by atoms with van der Waals surface area (Å²) in [6.45, 7) is 2.14. The average molecular weight is 346 g/mol. The van der Waals surface area contributed by atoms with Crippen molar-refractivity contribution in [2.75, 3.05) is 18.9 Å². The highest BCUT2D eigenvalue weighted by molar-refractivity contribution is 6.30. The van der Waals surface area contributed by atoms with Gasteiger partial charge < -0.3 is 16.0 Å². The molecule has 1 atom stereocenters. The molecule has 0 radical (unpaired) electrons. The molecule has 24 heavy (non-hydrogen) atoms. The average Bonchev–Trinajstić information content (AvgIpc) is 2.59. The third-order valence-corrected chi connectivity index (χ3v) is 3.83. The summed E-state index contributed by atoms with van der Waals surface area (Å²) in [5.41, 5.74) is 2.13. The van der Waals surface area contributed by atoms with E-state index in [1.54, 1.807) is 31.3 Å². The van der Waals surface area contributed by atoms with Crippen LogP contribution in [0.5, 0.6) is 0 Å². The molecular weight excluding hydrogens is 326 g/mol. The Bertz CT molecular complexity index is 716. The standard InChI is InChI=1S/C18H20ClN3O2/c1-12(13-6-8-15(19)9-7-13)21-11-17(23)22-16-5-3-4-14(10-16)18(24)20-2/h3-10,12,21H,11H2,1-2H3,(H,20,24)(H,22,23)/t12-/m0/s1. The van der Waals surface area contributed by atoms with Gasteiger partial charge in [-0.3, -0.25) is 9.59 Å². The van der Waals surface area contributed by atoms with E-state index in [0.717, 1.165) is 5.56 Å². The van der Waals surface area contributed by atoms with Crippen LogP contribution in [0.2, 0.25) is 5.02 Å². The zero-order chi connectivity index (χ0) is 17.5. The molecule has 0 saturated carbocycles. The Hall–Kier alpha value is -2.37. The summed E-state index contributed by atoms with van der Waals surface area (Å²) in [6.07, 6.45) is 0. The zero-order valence-electron chi connectivity index (χ0n) is 13.6. The summed E-state index contributed by atoms with van der Waals surface area (Å²) >= 11 is 5.87. The van der Waals surface area contributed by atoms with Gasteiger partial charge in [0, 0.05) is 29.4 Å². The predicted octanol–water partition coefficient (Wildman–Crippen LogP) is 2.99. The maximum absolute atomic E-state index is 12.1. The molecule has 126 valence electrons. The lowest BCUT2D eigenvalue weighted by Gasteiger charge is -2.14. The van der Waals surface area contributed by atoms with E-state index >= 15 is 0 Å². The summed E-state index contributed by atoms with van der Waals surface area (Å²) in [4.78, 5) is 23.7. The van der Waals surface area contributed by atoms with E-state index in [2.05, 4.69) is 16.0 Å². The summed E-state index contributed by atoms with van der Waals surface area (Å²) in [5.74, 6) is -0.370. The molecule has 0 fully saturated rings. The monoisotopic (exact) mass is 345 g/mol. The number of carbonyl (C=O) groups excluding carboxylic acids is 2. The van der Waals surface area contributed by atoms with E-state index in [4.69, 9.17) is 11.6 Å². The van der Waals surface area contributed by atoms with Crippen LogP contribution in [0.4, 0.5) is 5.69 Å². The van der Waals surface area contributed by atoms with Gasteiger partial charge in [0.1, 0.15) is 0 Å². The van der Waals surface area contributed by atoms with Gasteiger partial charge in [-0.1, -0.05) is 29.8 Å². The lowest BCUT2D eigenvalue weighted by molar-refractivity contribution is -0.115. The lowest BCUT2D eigenvalue weighted by atomic mass is 10.1. The normalized spacial score (nSPS) is 11.6. The molecule has 0 saturated heterocycles. The molecule has 0 aromatic heterocycles. The number of amides is 2. The van der Waals surface area contributed by atoms with Crippen molar-refractivity contribution in [2.24, 2.45) is 0 Å². The maximum atomic E-state index is 12.1. The fourth-order valence-electron chi connectivity index (χ4n) is 2.20. The van der Waals surface area contributed by atoms with Gasteiger partial charge in [-0.2, -0.15) is 0 Å². The number of carbonyl (C=O) groups is 2. The highest BCUT2D eigenvalue weighted by Gasteiger charge is 2.09. The van der Waals surface area contributed by atoms with Crippen LogP contribution >= 0.6 is 11.6 Å².